The maximum Gasteiger partial charge on any atom is 0.0779 e. The summed E-state index contributed by atoms with van der Waals surface area (Å²) in [6.45, 7) is 14.4. The molecule has 2 heterocycles. The van der Waals surface area contributed by atoms with Gasteiger partial charge in [-0.2, -0.15) is 0 Å². The minimum Gasteiger partial charge on any atom is -0.374 e. The van der Waals surface area contributed by atoms with Gasteiger partial charge in [-0.1, -0.05) is 0 Å². The Morgan fingerprint density at radius 2 is 2.06 bits per heavy atom. The van der Waals surface area contributed by atoms with Crippen LogP contribution in [0.4, 0.5) is 0 Å². The van der Waals surface area contributed by atoms with E-state index in [2.05, 4.69) is 36.3 Å². The highest BCUT2D eigenvalue weighted by Gasteiger charge is 2.31. The summed E-state index contributed by atoms with van der Waals surface area (Å²) in [5.74, 6) is 0. The third-order valence-electron chi connectivity index (χ3n) is 4.33. The highest BCUT2D eigenvalue weighted by Crippen LogP contribution is 2.24. The fourth-order valence-corrected chi connectivity index (χ4v) is 2.99. The number of nitrogens with zero attached hydrogens (tertiary/aromatic N) is 1. The Labute approximate surface area is 111 Å². The molecule has 18 heavy (non-hydrogen) atoms. The average molecular weight is 255 g/mol. The predicted molar refractivity (Wildman–Crippen MR) is 75.0 cm³/mol. The van der Waals surface area contributed by atoms with Crippen LogP contribution in [-0.2, 0) is 4.74 Å². The van der Waals surface area contributed by atoms with E-state index in [9.17, 15) is 0 Å². The summed E-state index contributed by atoms with van der Waals surface area (Å²) in [5.41, 5.74) is 0.302. The van der Waals surface area contributed by atoms with Crippen molar-refractivity contribution in [2.45, 2.75) is 44.8 Å². The fourth-order valence-electron chi connectivity index (χ4n) is 2.99. The lowest BCUT2D eigenvalue weighted by atomic mass is 9.99. The van der Waals surface area contributed by atoms with Crippen LogP contribution in [0.1, 0.15) is 33.6 Å². The Morgan fingerprint density at radius 3 is 2.67 bits per heavy atom. The van der Waals surface area contributed by atoms with Crippen molar-refractivity contribution in [3.63, 3.8) is 0 Å². The molecule has 1 unspecified atom stereocenters. The van der Waals surface area contributed by atoms with E-state index in [1.165, 1.54) is 12.8 Å². The van der Waals surface area contributed by atoms with Crippen molar-refractivity contribution in [1.29, 1.82) is 0 Å². The van der Waals surface area contributed by atoms with Crippen LogP contribution in [-0.4, -0.2) is 61.9 Å². The number of piperazine rings is 1. The van der Waals surface area contributed by atoms with E-state index in [1.54, 1.807) is 0 Å². The van der Waals surface area contributed by atoms with Crippen LogP contribution in [0.5, 0.6) is 0 Å². The molecule has 0 aliphatic carbocycles. The van der Waals surface area contributed by atoms with Gasteiger partial charge in [0.2, 0.25) is 0 Å². The van der Waals surface area contributed by atoms with Gasteiger partial charge in [0.05, 0.1) is 5.60 Å². The Morgan fingerprint density at radius 1 is 1.33 bits per heavy atom. The second kappa shape index (κ2) is 5.87. The van der Waals surface area contributed by atoms with Crippen LogP contribution in [0.2, 0.25) is 0 Å². The highest BCUT2D eigenvalue weighted by atomic mass is 16.5. The van der Waals surface area contributed by atoms with Gasteiger partial charge in [0.15, 0.2) is 0 Å². The zero-order chi connectivity index (χ0) is 13.1. The quantitative estimate of drug-likeness (QED) is 0.763. The molecule has 0 spiro atoms. The molecule has 2 aliphatic rings. The second-order valence-corrected chi connectivity index (χ2v) is 6.55. The maximum absolute atomic E-state index is 5.81. The molecular weight excluding hydrogens is 226 g/mol. The average Bonchev–Trinajstić information content (AvgIpc) is 2.77. The topological polar surface area (TPSA) is 36.5 Å². The van der Waals surface area contributed by atoms with Crippen LogP contribution < -0.4 is 10.6 Å². The van der Waals surface area contributed by atoms with Crippen LogP contribution in [0.15, 0.2) is 0 Å². The molecule has 0 saturated carbocycles. The molecule has 2 saturated heterocycles. The predicted octanol–water partition coefficient (Wildman–Crippen LogP) is 0.829. The Hall–Kier alpha value is -0.160. The van der Waals surface area contributed by atoms with Gasteiger partial charge in [-0.25, -0.2) is 0 Å². The number of nitrogens with one attached hydrogen (secondary N) is 2. The van der Waals surface area contributed by atoms with Gasteiger partial charge >= 0.3 is 0 Å². The van der Waals surface area contributed by atoms with Crippen molar-refractivity contribution in [3.05, 3.63) is 0 Å². The van der Waals surface area contributed by atoms with Gasteiger partial charge in [-0.15, -0.1) is 0 Å². The molecule has 4 nitrogen and oxygen atoms in total. The molecule has 0 aromatic heterocycles. The van der Waals surface area contributed by atoms with Gasteiger partial charge in [-0.3, -0.25) is 4.90 Å². The third kappa shape index (κ3) is 3.67. The summed E-state index contributed by atoms with van der Waals surface area (Å²) < 4.78 is 5.81. The number of hydrogen-bond donors (Lipinski definition) is 2. The fraction of sp³-hybridized carbons (Fsp3) is 1.00. The monoisotopic (exact) mass is 255 g/mol. The first-order valence-corrected chi connectivity index (χ1v) is 7.32. The number of ether oxygens (including phenoxy) is 1. The van der Waals surface area contributed by atoms with Crippen molar-refractivity contribution in [2.24, 2.45) is 0 Å². The van der Waals surface area contributed by atoms with E-state index in [0.29, 0.717) is 0 Å². The molecule has 2 aliphatic heterocycles. The summed E-state index contributed by atoms with van der Waals surface area (Å²) in [5, 5.41) is 7.03. The summed E-state index contributed by atoms with van der Waals surface area (Å²) >= 11 is 0. The summed E-state index contributed by atoms with van der Waals surface area (Å²) in [7, 11) is 0. The summed E-state index contributed by atoms with van der Waals surface area (Å²) in [6.07, 6.45) is 2.40. The standard InChI is InChI=1S/C14H29N3O/c1-13(2,17-8-6-15-7-9-17)11-16-12-14(3)5-4-10-18-14/h15-16H,4-12H2,1-3H3. The SMILES string of the molecule is CC1(CNCC(C)(C)N2CCNCC2)CCCO1. The van der Waals surface area contributed by atoms with Crippen LogP contribution in [0, 0.1) is 0 Å². The van der Waals surface area contributed by atoms with Gasteiger partial charge in [-0.05, 0) is 33.6 Å². The van der Waals surface area contributed by atoms with E-state index in [1.807, 2.05) is 0 Å². The van der Waals surface area contributed by atoms with Gasteiger partial charge in [0.1, 0.15) is 0 Å². The Bertz CT molecular complexity index is 256. The molecule has 2 N–H and O–H groups in total. The first-order valence-electron chi connectivity index (χ1n) is 7.32. The van der Waals surface area contributed by atoms with Crippen molar-refractivity contribution in [2.75, 3.05) is 45.9 Å². The molecule has 0 radical (unpaired) electrons. The zero-order valence-electron chi connectivity index (χ0n) is 12.2. The largest absolute Gasteiger partial charge is 0.374 e. The van der Waals surface area contributed by atoms with Gasteiger partial charge in [0, 0.05) is 51.4 Å². The first-order chi connectivity index (χ1) is 8.52. The molecule has 2 rings (SSSR count). The van der Waals surface area contributed by atoms with E-state index >= 15 is 0 Å². The molecule has 2 fully saturated rings. The normalized spacial score (nSPS) is 30.8. The molecule has 106 valence electrons. The molecule has 0 aromatic carbocycles. The highest BCUT2D eigenvalue weighted by molar-refractivity contribution is 4.89. The number of rotatable bonds is 5. The van der Waals surface area contributed by atoms with E-state index < -0.39 is 0 Å². The molecule has 4 heteroatoms. The minimum atomic E-state index is 0.0690. The van der Waals surface area contributed by atoms with Gasteiger partial charge in [0.25, 0.3) is 0 Å². The van der Waals surface area contributed by atoms with E-state index in [4.69, 9.17) is 4.74 Å². The zero-order valence-corrected chi connectivity index (χ0v) is 12.2. The van der Waals surface area contributed by atoms with Crippen molar-refractivity contribution < 1.29 is 4.74 Å². The molecule has 0 amide bonds. The minimum absolute atomic E-state index is 0.0690. The van der Waals surface area contributed by atoms with Crippen LogP contribution in [0.3, 0.4) is 0 Å². The van der Waals surface area contributed by atoms with Crippen molar-refractivity contribution in [1.82, 2.24) is 15.5 Å². The lowest BCUT2D eigenvalue weighted by Gasteiger charge is -2.42. The van der Waals surface area contributed by atoms with Crippen molar-refractivity contribution in [3.8, 4) is 0 Å². The molecule has 1 atom stereocenters. The first kappa shape index (κ1) is 14.3. The smallest absolute Gasteiger partial charge is 0.0779 e. The van der Waals surface area contributed by atoms with Crippen LogP contribution in [0.25, 0.3) is 0 Å². The molecule has 0 aromatic rings. The lowest BCUT2D eigenvalue weighted by molar-refractivity contribution is 0.0164. The van der Waals surface area contributed by atoms with E-state index in [0.717, 1.165) is 45.9 Å². The number of hydrogen-bond acceptors (Lipinski definition) is 4. The van der Waals surface area contributed by atoms with E-state index in [-0.39, 0.29) is 11.1 Å². The lowest BCUT2D eigenvalue weighted by Crippen LogP contribution is -2.58. The molecular formula is C14H29N3O. The van der Waals surface area contributed by atoms with Crippen molar-refractivity contribution >= 4 is 0 Å². The van der Waals surface area contributed by atoms with Crippen LogP contribution >= 0.6 is 0 Å². The molecule has 0 bridgehead atoms. The third-order valence-corrected chi connectivity index (χ3v) is 4.33. The van der Waals surface area contributed by atoms with Gasteiger partial charge < -0.3 is 15.4 Å². The Balaban J connectivity index is 1.74. The Kier molecular flexibility index (Phi) is 4.64. The summed E-state index contributed by atoms with van der Waals surface area (Å²) in [6, 6.07) is 0. The second-order valence-electron chi connectivity index (χ2n) is 6.55. The maximum atomic E-state index is 5.81. The summed E-state index contributed by atoms with van der Waals surface area (Å²) in [4.78, 5) is 2.58.